The molecule has 0 atom stereocenters. The molecular weight excluding hydrogens is 403 g/mol. The highest BCUT2D eigenvalue weighted by atomic mass is 32.2. The Labute approximate surface area is 156 Å². The molecule has 27 heavy (non-hydrogen) atoms. The highest BCUT2D eigenvalue weighted by molar-refractivity contribution is 7.91. The fourth-order valence-electron chi connectivity index (χ4n) is 2.39. The number of halogens is 3. The molecule has 0 aromatic heterocycles. The lowest BCUT2D eigenvalue weighted by Gasteiger charge is -2.13. The van der Waals surface area contributed by atoms with E-state index in [0.29, 0.717) is 11.3 Å². The maximum atomic E-state index is 12.4. The molecule has 0 fully saturated rings. The van der Waals surface area contributed by atoms with Crippen LogP contribution in [0.1, 0.15) is 12.0 Å². The minimum atomic E-state index is -4.27. The first-order chi connectivity index (χ1) is 12.3. The molecule has 148 valence electrons. The molecule has 0 radical (unpaired) electrons. The summed E-state index contributed by atoms with van der Waals surface area (Å²) >= 11 is 0. The Bertz CT molecular complexity index is 1050. The van der Waals surface area contributed by atoms with Gasteiger partial charge in [-0.3, -0.25) is 0 Å². The van der Waals surface area contributed by atoms with E-state index in [1.54, 1.807) is 18.2 Å². The number of aryl methyl sites for hydroxylation is 1. The Morgan fingerprint density at radius 1 is 0.926 bits per heavy atom. The first-order valence-electron chi connectivity index (χ1n) is 7.72. The third kappa shape index (κ3) is 6.24. The molecule has 2 rings (SSSR count). The Balaban J connectivity index is 2.37. The zero-order valence-electron chi connectivity index (χ0n) is 14.5. The van der Waals surface area contributed by atoms with Crippen molar-refractivity contribution < 1.29 is 30.0 Å². The molecule has 0 amide bonds. The van der Waals surface area contributed by atoms with Crippen molar-refractivity contribution in [3.63, 3.8) is 0 Å². The summed E-state index contributed by atoms with van der Waals surface area (Å²) in [5.74, 6) is 0. The van der Waals surface area contributed by atoms with Gasteiger partial charge in [-0.1, -0.05) is 12.1 Å². The summed E-state index contributed by atoms with van der Waals surface area (Å²) in [4.78, 5) is -0.362. The van der Waals surface area contributed by atoms with Gasteiger partial charge in [-0.2, -0.15) is 13.2 Å². The average Bonchev–Trinajstić information content (AvgIpc) is 2.51. The van der Waals surface area contributed by atoms with Gasteiger partial charge in [-0.25, -0.2) is 16.8 Å². The zero-order valence-corrected chi connectivity index (χ0v) is 16.2. The van der Waals surface area contributed by atoms with Crippen LogP contribution in [0.2, 0.25) is 0 Å². The average molecular weight is 421 g/mol. The highest BCUT2D eigenvalue weighted by Crippen LogP contribution is 2.29. The van der Waals surface area contributed by atoms with Crippen LogP contribution in [0.15, 0.2) is 52.3 Å². The van der Waals surface area contributed by atoms with Crippen LogP contribution in [0.5, 0.6) is 0 Å². The third-order valence-corrected chi connectivity index (χ3v) is 5.93. The van der Waals surface area contributed by atoms with Gasteiger partial charge in [0, 0.05) is 24.6 Å². The van der Waals surface area contributed by atoms with Gasteiger partial charge in [-0.15, -0.1) is 0 Å². The summed E-state index contributed by atoms with van der Waals surface area (Å²) < 4.78 is 84.6. The molecule has 0 unspecified atom stereocenters. The monoisotopic (exact) mass is 421 g/mol. The maximum Gasteiger partial charge on any atom is 0.389 e. The van der Waals surface area contributed by atoms with E-state index in [4.69, 9.17) is 0 Å². The summed E-state index contributed by atoms with van der Waals surface area (Å²) in [6.45, 7) is 0. The van der Waals surface area contributed by atoms with Crippen molar-refractivity contribution in [3.05, 3.63) is 48.0 Å². The molecule has 0 aliphatic carbocycles. The van der Waals surface area contributed by atoms with Crippen molar-refractivity contribution in [2.75, 3.05) is 17.8 Å². The van der Waals surface area contributed by atoms with E-state index in [-0.39, 0.29) is 21.9 Å². The second kappa shape index (κ2) is 7.51. The van der Waals surface area contributed by atoms with E-state index < -0.39 is 32.3 Å². The molecule has 10 heteroatoms. The maximum absolute atomic E-state index is 12.4. The van der Waals surface area contributed by atoms with Crippen molar-refractivity contribution >= 4 is 31.0 Å². The number of hydrogen-bond acceptors (Lipinski definition) is 5. The molecular formula is C17H18F3NO4S2. The molecule has 1 N–H and O–H groups in total. The summed E-state index contributed by atoms with van der Waals surface area (Å²) in [7, 11) is -7.35. The second-order valence-corrected chi connectivity index (χ2v) is 10.1. The lowest BCUT2D eigenvalue weighted by Crippen LogP contribution is -2.08. The Kier molecular flexibility index (Phi) is 5.91. The molecule has 0 spiro atoms. The van der Waals surface area contributed by atoms with Crippen molar-refractivity contribution in [1.29, 1.82) is 0 Å². The Hall–Kier alpha value is -2.07. The summed E-state index contributed by atoms with van der Waals surface area (Å²) in [6, 6.07) is 9.80. The molecule has 5 nitrogen and oxygen atoms in total. The van der Waals surface area contributed by atoms with Gasteiger partial charge in [0.25, 0.3) is 0 Å². The van der Waals surface area contributed by atoms with Crippen LogP contribution in [0.4, 0.5) is 24.5 Å². The fourth-order valence-corrected chi connectivity index (χ4v) is 3.97. The third-order valence-electron chi connectivity index (χ3n) is 3.68. The SMILES string of the molecule is CS(=O)(=O)c1ccc(Nc2cccc(CCC(F)(F)F)c2)c(S(C)(=O)=O)c1. The first kappa shape index (κ1) is 21.2. The van der Waals surface area contributed by atoms with Crippen LogP contribution in [-0.2, 0) is 26.1 Å². The molecule has 0 bridgehead atoms. The normalized spacial score (nSPS) is 12.8. The zero-order chi connectivity index (χ0) is 20.5. The summed E-state index contributed by atoms with van der Waals surface area (Å²) in [5, 5.41) is 2.84. The number of sulfone groups is 2. The van der Waals surface area contributed by atoms with Gasteiger partial charge in [0.05, 0.1) is 15.5 Å². The number of rotatable bonds is 6. The Morgan fingerprint density at radius 3 is 2.15 bits per heavy atom. The number of alkyl halides is 3. The van der Waals surface area contributed by atoms with Gasteiger partial charge in [0.2, 0.25) is 0 Å². The van der Waals surface area contributed by atoms with Crippen molar-refractivity contribution in [2.24, 2.45) is 0 Å². The molecule has 0 aliphatic heterocycles. The molecule has 0 saturated carbocycles. The summed E-state index contributed by atoms with van der Waals surface area (Å²) in [5.41, 5.74) is 0.968. The molecule has 0 heterocycles. The van der Waals surface area contributed by atoms with Crippen LogP contribution in [0, 0.1) is 0 Å². The first-order valence-corrected chi connectivity index (χ1v) is 11.5. The van der Waals surface area contributed by atoms with Crippen LogP contribution >= 0.6 is 0 Å². The predicted molar refractivity (Wildman–Crippen MR) is 96.8 cm³/mol. The molecule has 2 aromatic carbocycles. The number of anilines is 2. The second-order valence-electron chi connectivity index (χ2n) is 6.14. The molecule has 0 aliphatic rings. The standard InChI is InChI=1S/C17H18F3NO4S2/c1-26(22,23)14-6-7-15(16(11-14)27(2,24)25)21-13-5-3-4-12(10-13)8-9-17(18,19)20/h3-7,10-11,21H,8-9H2,1-2H3. The van der Waals surface area contributed by atoms with Crippen molar-refractivity contribution in [1.82, 2.24) is 0 Å². The van der Waals surface area contributed by atoms with E-state index in [2.05, 4.69) is 5.32 Å². The van der Waals surface area contributed by atoms with Gasteiger partial charge in [-0.05, 0) is 42.3 Å². The van der Waals surface area contributed by atoms with Crippen LogP contribution in [-0.4, -0.2) is 35.5 Å². The Morgan fingerprint density at radius 2 is 1.59 bits per heavy atom. The quantitative estimate of drug-likeness (QED) is 0.769. The highest BCUT2D eigenvalue weighted by Gasteiger charge is 2.26. The molecule has 0 saturated heterocycles. The van der Waals surface area contributed by atoms with Gasteiger partial charge >= 0.3 is 6.18 Å². The lowest BCUT2D eigenvalue weighted by atomic mass is 10.1. The topological polar surface area (TPSA) is 80.3 Å². The van der Waals surface area contributed by atoms with Crippen LogP contribution in [0.25, 0.3) is 0 Å². The lowest BCUT2D eigenvalue weighted by molar-refractivity contribution is -0.134. The van der Waals surface area contributed by atoms with Crippen molar-refractivity contribution in [2.45, 2.75) is 28.8 Å². The number of nitrogens with one attached hydrogen (secondary N) is 1. The number of hydrogen-bond donors (Lipinski definition) is 1. The van der Waals surface area contributed by atoms with Gasteiger partial charge in [0.1, 0.15) is 0 Å². The van der Waals surface area contributed by atoms with Crippen molar-refractivity contribution in [3.8, 4) is 0 Å². The minimum absolute atomic E-state index is 0.137. The van der Waals surface area contributed by atoms with E-state index >= 15 is 0 Å². The van der Waals surface area contributed by atoms with E-state index in [1.165, 1.54) is 18.2 Å². The van der Waals surface area contributed by atoms with Crippen LogP contribution < -0.4 is 5.32 Å². The van der Waals surface area contributed by atoms with Crippen LogP contribution in [0.3, 0.4) is 0 Å². The molecule has 2 aromatic rings. The summed E-state index contributed by atoms with van der Waals surface area (Å²) in [6.07, 6.45) is -3.53. The fraction of sp³-hybridized carbons (Fsp3) is 0.294. The predicted octanol–water partition coefficient (Wildman–Crippen LogP) is 3.73. The van der Waals surface area contributed by atoms with Gasteiger partial charge < -0.3 is 5.32 Å². The largest absolute Gasteiger partial charge is 0.389 e. The smallest absolute Gasteiger partial charge is 0.354 e. The van der Waals surface area contributed by atoms with Gasteiger partial charge in [0.15, 0.2) is 19.7 Å². The van der Waals surface area contributed by atoms with E-state index in [0.717, 1.165) is 18.6 Å². The van der Waals surface area contributed by atoms with E-state index in [1.807, 2.05) is 0 Å². The number of benzene rings is 2. The van der Waals surface area contributed by atoms with E-state index in [9.17, 15) is 30.0 Å². The minimum Gasteiger partial charge on any atom is -0.354 e.